The van der Waals surface area contributed by atoms with Crippen molar-refractivity contribution in [2.24, 2.45) is 0 Å². The first kappa shape index (κ1) is 13.3. The van der Waals surface area contributed by atoms with Crippen molar-refractivity contribution in [3.05, 3.63) is 61.2 Å². The summed E-state index contributed by atoms with van der Waals surface area (Å²) in [5.74, 6) is 0. The van der Waals surface area contributed by atoms with E-state index in [0.29, 0.717) is 0 Å². The maximum atomic E-state index is 4.06. The van der Waals surface area contributed by atoms with E-state index in [2.05, 4.69) is 19.9 Å². The third-order valence-electron chi connectivity index (χ3n) is 2.66. The molecule has 0 spiro atoms. The predicted molar refractivity (Wildman–Crippen MR) is 72.2 cm³/mol. The summed E-state index contributed by atoms with van der Waals surface area (Å²) in [6.45, 7) is 0. The minimum absolute atomic E-state index is 0. The van der Waals surface area contributed by atoms with Crippen LogP contribution in [0.5, 0.6) is 0 Å². The molecule has 0 unspecified atom stereocenters. The number of rotatable bonds is 0. The van der Waals surface area contributed by atoms with Gasteiger partial charge in [0.15, 0.2) is 0 Å². The number of aromatic amines is 2. The summed E-state index contributed by atoms with van der Waals surface area (Å²) in [7, 11) is 0. The van der Waals surface area contributed by atoms with Crippen molar-refractivity contribution in [1.82, 2.24) is 19.9 Å². The van der Waals surface area contributed by atoms with Gasteiger partial charge in [-0.1, -0.05) is 24.3 Å². The fraction of sp³-hybridized carbons (Fsp3) is 0. The summed E-state index contributed by atoms with van der Waals surface area (Å²) >= 11 is 0. The predicted octanol–water partition coefficient (Wildman–Crippen LogP) is 3.12. The standard InChI is InChI=1S/2C7H6N2.Cr/c2*1-2-4-7-6(3-1)8-5-9-7;/h2*1-5H,(H,8,9);. The molecule has 4 rings (SSSR count). The van der Waals surface area contributed by atoms with Crippen LogP contribution in [0, 0.1) is 0 Å². The fourth-order valence-corrected chi connectivity index (χ4v) is 1.76. The molecule has 4 nitrogen and oxygen atoms in total. The normalized spacial score (nSPS) is 9.68. The van der Waals surface area contributed by atoms with Crippen LogP contribution >= 0.6 is 0 Å². The first-order valence-corrected chi connectivity index (χ1v) is 5.70. The van der Waals surface area contributed by atoms with Gasteiger partial charge in [0.2, 0.25) is 0 Å². The van der Waals surface area contributed by atoms with E-state index in [1.54, 1.807) is 12.7 Å². The first-order valence-electron chi connectivity index (χ1n) is 5.70. The summed E-state index contributed by atoms with van der Waals surface area (Å²) in [6, 6.07) is 15.9. The summed E-state index contributed by atoms with van der Waals surface area (Å²) in [4.78, 5) is 14.1. The smallest absolute Gasteiger partial charge is 0.0931 e. The number of hydrogen-bond donors (Lipinski definition) is 2. The Bertz CT molecular complexity index is 633. The van der Waals surface area contributed by atoms with Gasteiger partial charge in [0.25, 0.3) is 0 Å². The topological polar surface area (TPSA) is 57.4 Å². The zero-order valence-electron chi connectivity index (χ0n) is 10.1. The number of benzene rings is 2. The number of imidazole rings is 2. The van der Waals surface area contributed by atoms with Crippen LogP contribution < -0.4 is 0 Å². The Morgan fingerprint density at radius 3 is 1.47 bits per heavy atom. The summed E-state index contributed by atoms with van der Waals surface area (Å²) in [5, 5.41) is 0. The minimum atomic E-state index is 0. The van der Waals surface area contributed by atoms with E-state index in [0.717, 1.165) is 22.1 Å². The van der Waals surface area contributed by atoms with Gasteiger partial charge in [0.05, 0.1) is 34.7 Å². The van der Waals surface area contributed by atoms with Gasteiger partial charge in [-0.3, -0.25) is 0 Å². The molecule has 0 aliphatic heterocycles. The Morgan fingerprint density at radius 1 is 0.632 bits per heavy atom. The van der Waals surface area contributed by atoms with Crippen molar-refractivity contribution in [1.29, 1.82) is 0 Å². The van der Waals surface area contributed by atoms with Gasteiger partial charge >= 0.3 is 0 Å². The van der Waals surface area contributed by atoms with Crippen molar-refractivity contribution < 1.29 is 17.4 Å². The number of para-hydroxylation sites is 4. The SMILES string of the molecule is [Cr].c1ccc2[nH]cnc2c1.c1ccc2[nH]cnc2c1. The van der Waals surface area contributed by atoms with Gasteiger partial charge in [0.1, 0.15) is 0 Å². The maximum absolute atomic E-state index is 4.06. The van der Waals surface area contributed by atoms with Gasteiger partial charge in [-0.05, 0) is 24.3 Å². The molecule has 0 atom stereocenters. The zero-order chi connectivity index (χ0) is 12.2. The van der Waals surface area contributed by atoms with Crippen LogP contribution in [0.1, 0.15) is 0 Å². The second-order valence-electron chi connectivity index (χ2n) is 3.84. The number of H-pyrrole nitrogens is 2. The molecule has 19 heavy (non-hydrogen) atoms. The average Bonchev–Trinajstić information content (AvgIpc) is 3.08. The molecule has 2 N–H and O–H groups in total. The van der Waals surface area contributed by atoms with E-state index in [1.165, 1.54) is 0 Å². The number of fused-ring (bicyclic) bond motifs is 2. The Kier molecular flexibility index (Phi) is 4.35. The van der Waals surface area contributed by atoms with Crippen LogP contribution in [-0.2, 0) is 17.4 Å². The van der Waals surface area contributed by atoms with Gasteiger partial charge in [-0.2, -0.15) is 0 Å². The number of hydrogen-bond acceptors (Lipinski definition) is 2. The number of nitrogens with one attached hydrogen (secondary N) is 2. The van der Waals surface area contributed by atoms with Crippen molar-refractivity contribution in [2.45, 2.75) is 0 Å². The van der Waals surface area contributed by atoms with E-state index in [-0.39, 0.29) is 17.4 Å². The van der Waals surface area contributed by atoms with Crippen LogP contribution in [0.2, 0.25) is 0 Å². The van der Waals surface area contributed by atoms with Crippen molar-refractivity contribution in [2.75, 3.05) is 0 Å². The Morgan fingerprint density at radius 2 is 1.05 bits per heavy atom. The van der Waals surface area contributed by atoms with Crippen LogP contribution in [0.3, 0.4) is 0 Å². The molecule has 2 aromatic carbocycles. The molecule has 94 valence electrons. The molecular formula is C14H12CrN4. The molecule has 4 aromatic rings. The molecule has 0 aliphatic rings. The van der Waals surface area contributed by atoms with E-state index in [4.69, 9.17) is 0 Å². The van der Waals surface area contributed by atoms with E-state index in [1.807, 2.05) is 48.5 Å². The minimum Gasteiger partial charge on any atom is -0.345 e. The molecule has 0 saturated heterocycles. The maximum Gasteiger partial charge on any atom is 0.0931 e. The second kappa shape index (κ2) is 6.19. The summed E-state index contributed by atoms with van der Waals surface area (Å²) in [5.41, 5.74) is 4.24. The number of nitrogens with zero attached hydrogens (tertiary/aromatic N) is 2. The van der Waals surface area contributed by atoms with Crippen LogP contribution in [0.25, 0.3) is 22.1 Å². The van der Waals surface area contributed by atoms with Gasteiger partial charge in [0, 0.05) is 17.4 Å². The Labute approximate surface area is 121 Å². The second-order valence-corrected chi connectivity index (χ2v) is 3.84. The van der Waals surface area contributed by atoms with E-state index < -0.39 is 0 Å². The molecule has 2 heterocycles. The molecule has 0 amide bonds. The molecule has 0 radical (unpaired) electrons. The van der Waals surface area contributed by atoms with Crippen molar-refractivity contribution in [3.8, 4) is 0 Å². The molecule has 0 bridgehead atoms. The van der Waals surface area contributed by atoms with Gasteiger partial charge < -0.3 is 9.97 Å². The van der Waals surface area contributed by atoms with Crippen LogP contribution in [0.4, 0.5) is 0 Å². The molecule has 0 aliphatic carbocycles. The molecular weight excluding hydrogens is 276 g/mol. The first-order chi connectivity index (χ1) is 8.93. The van der Waals surface area contributed by atoms with Crippen LogP contribution in [-0.4, -0.2) is 19.9 Å². The average molecular weight is 288 g/mol. The Hall–Kier alpha value is -2.09. The molecule has 5 heteroatoms. The number of aromatic nitrogens is 4. The summed E-state index contributed by atoms with van der Waals surface area (Å²) in [6.07, 6.45) is 3.40. The Balaban J connectivity index is 0.000000133. The molecule has 2 aromatic heterocycles. The monoisotopic (exact) mass is 288 g/mol. The van der Waals surface area contributed by atoms with Crippen LogP contribution in [0.15, 0.2) is 61.2 Å². The fourth-order valence-electron chi connectivity index (χ4n) is 1.76. The quantitative estimate of drug-likeness (QED) is 0.522. The van der Waals surface area contributed by atoms with Gasteiger partial charge in [-0.15, -0.1) is 0 Å². The van der Waals surface area contributed by atoms with Crippen molar-refractivity contribution in [3.63, 3.8) is 0 Å². The van der Waals surface area contributed by atoms with Gasteiger partial charge in [-0.25, -0.2) is 9.97 Å². The third kappa shape index (κ3) is 3.02. The van der Waals surface area contributed by atoms with E-state index >= 15 is 0 Å². The van der Waals surface area contributed by atoms with E-state index in [9.17, 15) is 0 Å². The van der Waals surface area contributed by atoms with Crippen molar-refractivity contribution >= 4 is 22.1 Å². The molecule has 0 fully saturated rings. The zero-order valence-corrected chi connectivity index (χ0v) is 11.4. The third-order valence-corrected chi connectivity index (χ3v) is 2.66. The molecule has 0 saturated carbocycles. The largest absolute Gasteiger partial charge is 0.345 e. The summed E-state index contributed by atoms with van der Waals surface area (Å²) < 4.78 is 0.